The van der Waals surface area contributed by atoms with Gasteiger partial charge in [-0.2, -0.15) is 0 Å². The first-order chi connectivity index (χ1) is 8.15. The van der Waals surface area contributed by atoms with Gasteiger partial charge < -0.3 is 14.8 Å². The third kappa shape index (κ3) is 4.75. The van der Waals surface area contributed by atoms with Gasteiger partial charge in [-0.1, -0.05) is 18.2 Å². The Morgan fingerprint density at radius 2 is 1.88 bits per heavy atom. The highest BCUT2D eigenvalue weighted by molar-refractivity contribution is 5.35. The molecule has 0 aliphatic carbocycles. The van der Waals surface area contributed by atoms with Gasteiger partial charge in [-0.3, -0.25) is 0 Å². The summed E-state index contributed by atoms with van der Waals surface area (Å²) >= 11 is 0. The molecule has 96 valence electrons. The van der Waals surface area contributed by atoms with Gasteiger partial charge in [-0.25, -0.2) is 0 Å². The summed E-state index contributed by atoms with van der Waals surface area (Å²) in [5, 5.41) is 3.42. The lowest BCUT2D eigenvalue weighted by Gasteiger charge is -2.17. The van der Waals surface area contributed by atoms with Crippen LogP contribution in [0, 0.1) is 0 Å². The Hall–Kier alpha value is -1.06. The number of nitrogens with one attached hydrogen (secondary N) is 1. The number of methoxy groups -OCH3 is 1. The molecule has 0 heterocycles. The highest BCUT2D eigenvalue weighted by atomic mass is 16.5. The second-order valence-corrected chi connectivity index (χ2v) is 4.34. The molecule has 0 saturated heterocycles. The van der Waals surface area contributed by atoms with E-state index >= 15 is 0 Å². The third-order valence-corrected chi connectivity index (χ3v) is 2.61. The standard InChI is InChI=1S/C14H23NO2/c1-11(2)17-10-9-15-12(3)13-7-5-6-8-14(13)16-4/h5-8,11-12,15H,9-10H2,1-4H3/t12-/m0/s1. The van der Waals surface area contributed by atoms with Crippen LogP contribution in [0.1, 0.15) is 32.4 Å². The maximum absolute atomic E-state index is 5.49. The molecule has 0 aliphatic heterocycles. The molecule has 1 atom stereocenters. The van der Waals surface area contributed by atoms with Crippen molar-refractivity contribution in [3.05, 3.63) is 29.8 Å². The summed E-state index contributed by atoms with van der Waals surface area (Å²) < 4.78 is 10.8. The third-order valence-electron chi connectivity index (χ3n) is 2.61. The summed E-state index contributed by atoms with van der Waals surface area (Å²) in [6, 6.07) is 8.34. The summed E-state index contributed by atoms with van der Waals surface area (Å²) in [6.45, 7) is 7.80. The molecule has 0 unspecified atom stereocenters. The molecule has 0 aromatic heterocycles. The van der Waals surface area contributed by atoms with Crippen LogP contribution in [0.15, 0.2) is 24.3 Å². The highest BCUT2D eigenvalue weighted by Gasteiger charge is 2.09. The number of rotatable bonds is 7. The van der Waals surface area contributed by atoms with E-state index < -0.39 is 0 Å². The second kappa shape index (κ2) is 7.30. The van der Waals surface area contributed by atoms with Gasteiger partial charge in [0, 0.05) is 18.2 Å². The lowest BCUT2D eigenvalue weighted by molar-refractivity contribution is 0.0796. The van der Waals surface area contributed by atoms with Crippen LogP contribution in [0.5, 0.6) is 5.75 Å². The molecule has 0 spiro atoms. The summed E-state index contributed by atoms with van der Waals surface area (Å²) in [5.74, 6) is 0.928. The Labute approximate surface area is 104 Å². The molecule has 0 amide bonds. The van der Waals surface area contributed by atoms with Crippen LogP contribution in [0.3, 0.4) is 0 Å². The Morgan fingerprint density at radius 1 is 1.18 bits per heavy atom. The number of hydrogen-bond donors (Lipinski definition) is 1. The molecule has 0 saturated carbocycles. The van der Waals surface area contributed by atoms with Crippen molar-refractivity contribution in [2.75, 3.05) is 20.3 Å². The van der Waals surface area contributed by atoms with Crippen molar-refractivity contribution in [2.24, 2.45) is 0 Å². The van der Waals surface area contributed by atoms with Crippen molar-refractivity contribution in [3.8, 4) is 5.75 Å². The minimum atomic E-state index is 0.266. The fourth-order valence-corrected chi connectivity index (χ4v) is 1.70. The van der Waals surface area contributed by atoms with Crippen LogP contribution in [0.4, 0.5) is 0 Å². The minimum absolute atomic E-state index is 0.266. The smallest absolute Gasteiger partial charge is 0.123 e. The molecule has 1 aromatic rings. The molecule has 0 bridgehead atoms. The highest BCUT2D eigenvalue weighted by Crippen LogP contribution is 2.23. The van der Waals surface area contributed by atoms with E-state index in [-0.39, 0.29) is 6.04 Å². The van der Waals surface area contributed by atoms with Gasteiger partial charge in [-0.15, -0.1) is 0 Å². The first kappa shape index (κ1) is 14.0. The van der Waals surface area contributed by atoms with E-state index in [4.69, 9.17) is 9.47 Å². The molecule has 1 rings (SSSR count). The van der Waals surface area contributed by atoms with Crippen molar-refractivity contribution in [3.63, 3.8) is 0 Å². The topological polar surface area (TPSA) is 30.5 Å². The summed E-state index contributed by atoms with van der Waals surface area (Å²) in [6.07, 6.45) is 0.290. The monoisotopic (exact) mass is 237 g/mol. The Bertz CT molecular complexity index is 326. The SMILES string of the molecule is COc1ccccc1[C@H](C)NCCOC(C)C. The van der Waals surface area contributed by atoms with E-state index in [0.29, 0.717) is 6.10 Å². The van der Waals surface area contributed by atoms with Crippen LogP contribution in [0.2, 0.25) is 0 Å². The quantitative estimate of drug-likeness (QED) is 0.740. The number of benzene rings is 1. The average molecular weight is 237 g/mol. The molecule has 1 aromatic carbocycles. The summed E-state index contributed by atoms with van der Waals surface area (Å²) in [7, 11) is 1.70. The molecule has 3 nitrogen and oxygen atoms in total. The summed E-state index contributed by atoms with van der Waals surface area (Å²) in [4.78, 5) is 0. The minimum Gasteiger partial charge on any atom is -0.496 e. The second-order valence-electron chi connectivity index (χ2n) is 4.34. The molecular formula is C14H23NO2. The molecular weight excluding hydrogens is 214 g/mol. The normalized spacial score (nSPS) is 12.8. The summed E-state index contributed by atoms with van der Waals surface area (Å²) in [5.41, 5.74) is 1.18. The van der Waals surface area contributed by atoms with Crippen LogP contribution in [-0.2, 0) is 4.74 Å². The number of hydrogen-bond acceptors (Lipinski definition) is 3. The number of ether oxygens (including phenoxy) is 2. The molecule has 0 fully saturated rings. The van der Waals surface area contributed by atoms with Gasteiger partial charge >= 0.3 is 0 Å². The van der Waals surface area contributed by atoms with Crippen LogP contribution in [0.25, 0.3) is 0 Å². The van der Waals surface area contributed by atoms with Gasteiger partial charge in [0.2, 0.25) is 0 Å². The fourth-order valence-electron chi connectivity index (χ4n) is 1.70. The van der Waals surface area contributed by atoms with Gasteiger partial charge in [0.1, 0.15) is 5.75 Å². The zero-order valence-electron chi connectivity index (χ0n) is 11.2. The maximum Gasteiger partial charge on any atom is 0.123 e. The zero-order chi connectivity index (χ0) is 12.7. The van der Waals surface area contributed by atoms with Crippen molar-refractivity contribution in [2.45, 2.75) is 32.9 Å². The lowest BCUT2D eigenvalue weighted by Crippen LogP contribution is -2.24. The van der Waals surface area contributed by atoms with Crippen LogP contribution < -0.4 is 10.1 Å². The fraction of sp³-hybridized carbons (Fsp3) is 0.571. The van der Waals surface area contributed by atoms with Gasteiger partial charge in [0.05, 0.1) is 19.8 Å². The Kier molecular flexibility index (Phi) is 6.01. The zero-order valence-corrected chi connectivity index (χ0v) is 11.2. The molecule has 0 radical (unpaired) electrons. The molecule has 1 N–H and O–H groups in total. The van der Waals surface area contributed by atoms with Crippen LogP contribution in [-0.4, -0.2) is 26.4 Å². The van der Waals surface area contributed by atoms with E-state index in [1.54, 1.807) is 7.11 Å². The van der Waals surface area contributed by atoms with Gasteiger partial charge in [0.15, 0.2) is 0 Å². The molecule has 17 heavy (non-hydrogen) atoms. The van der Waals surface area contributed by atoms with Gasteiger partial charge in [0.25, 0.3) is 0 Å². The van der Waals surface area contributed by atoms with Crippen molar-refractivity contribution in [1.82, 2.24) is 5.32 Å². The number of para-hydroxylation sites is 1. The van der Waals surface area contributed by atoms with Crippen molar-refractivity contribution >= 4 is 0 Å². The lowest BCUT2D eigenvalue weighted by atomic mass is 10.1. The Balaban J connectivity index is 2.43. The van der Waals surface area contributed by atoms with E-state index in [1.165, 1.54) is 5.56 Å². The van der Waals surface area contributed by atoms with E-state index in [0.717, 1.165) is 18.9 Å². The first-order valence-electron chi connectivity index (χ1n) is 6.13. The van der Waals surface area contributed by atoms with Crippen molar-refractivity contribution in [1.29, 1.82) is 0 Å². The van der Waals surface area contributed by atoms with E-state index in [1.807, 2.05) is 32.0 Å². The Morgan fingerprint density at radius 3 is 2.53 bits per heavy atom. The van der Waals surface area contributed by atoms with E-state index in [2.05, 4.69) is 18.3 Å². The average Bonchev–Trinajstić information content (AvgIpc) is 2.34. The van der Waals surface area contributed by atoms with Crippen molar-refractivity contribution < 1.29 is 9.47 Å². The largest absolute Gasteiger partial charge is 0.496 e. The maximum atomic E-state index is 5.49. The predicted octanol–water partition coefficient (Wildman–Crippen LogP) is 2.77. The molecule has 3 heteroatoms. The van der Waals surface area contributed by atoms with Crippen LogP contribution >= 0.6 is 0 Å². The predicted molar refractivity (Wildman–Crippen MR) is 70.5 cm³/mol. The first-order valence-corrected chi connectivity index (χ1v) is 6.13. The van der Waals surface area contributed by atoms with Gasteiger partial charge in [-0.05, 0) is 26.8 Å². The molecule has 0 aliphatic rings. The van der Waals surface area contributed by atoms with E-state index in [9.17, 15) is 0 Å².